The van der Waals surface area contributed by atoms with Gasteiger partial charge in [-0.3, -0.25) is 4.79 Å². The fraction of sp³-hybridized carbons (Fsp3) is 0.100. The average Bonchev–Trinajstić information content (AvgIpc) is 3.53. The van der Waals surface area contributed by atoms with E-state index in [1.807, 2.05) is 23.6 Å². The smallest absolute Gasteiger partial charge is 0.277 e. The van der Waals surface area contributed by atoms with Gasteiger partial charge in [0.2, 0.25) is 18.6 Å². The van der Waals surface area contributed by atoms with Crippen molar-refractivity contribution >= 4 is 45.7 Å². The van der Waals surface area contributed by atoms with Crippen LogP contribution in [0, 0.1) is 0 Å². The van der Waals surface area contributed by atoms with E-state index in [0.717, 1.165) is 28.6 Å². The molecule has 0 bridgehead atoms. The number of halogens is 1. The second kappa shape index (κ2) is 8.58. The number of fused-ring (bicyclic) bond motifs is 1. The van der Waals surface area contributed by atoms with Crippen molar-refractivity contribution < 1.29 is 18.7 Å². The molecule has 0 saturated heterocycles. The molecular formula is C20H13ClN4O4S2. The molecule has 0 radical (unpaired) electrons. The highest BCUT2D eigenvalue weighted by Gasteiger charge is 2.16. The number of carbonyl (C=O) groups is 1. The van der Waals surface area contributed by atoms with Crippen molar-refractivity contribution in [2.24, 2.45) is 0 Å². The van der Waals surface area contributed by atoms with Gasteiger partial charge in [-0.15, -0.1) is 21.5 Å². The highest BCUT2D eigenvalue weighted by atomic mass is 35.5. The first kappa shape index (κ1) is 19.9. The summed E-state index contributed by atoms with van der Waals surface area (Å²) < 4.78 is 16.3. The number of nitrogens with zero attached hydrogens (tertiary/aromatic N) is 3. The van der Waals surface area contributed by atoms with E-state index >= 15 is 0 Å². The molecule has 5 rings (SSSR count). The number of thiazole rings is 1. The van der Waals surface area contributed by atoms with Crippen LogP contribution in [0.5, 0.6) is 11.5 Å². The fourth-order valence-corrected chi connectivity index (χ4v) is 4.20. The summed E-state index contributed by atoms with van der Waals surface area (Å²) >= 11 is 8.38. The molecule has 11 heteroatoms. The number of benzene rings is 2. The Bertz CT molecular complexity index is 1240. The first-order chi connectivity index (χ1) is 15.1. The summed E-state index contributed by atoms with van der Waals surface area (Å²) in [5.74, 6) is 1.66. The second-order valence-corrected chi connectivity index (χ2v) is 8.54. The molecule has 31 heavy (non-hydrogen) atoms. The molecule has 8 nitrogen and oxygen atoms in total. The van der Waals surface area contributed by atoms with Crippen LogP contribution in [0.2, 0.25) is 5.02 Å². The van der Waals surface area contributed by atoms with Crippen molar-refractivity contribution in [1.29, 1.82) is 0 Å². The predicted molar refractivity (Wildman–Crippen MR) is 118 cm³/mol. The normalized spacial score (nSPS) is 12.2. The second-order valence-electron chi connectivity index (χ2n) is 6.32. The van der Waals surface area contributed by atoms with E-state index in [2.05, 4.69) is 20.5 Å². The number of carbonyl (C=O) groups excluding carboxylic acids is 1. The maximum absolute atomic E-state index is 12.3. The zero-order valence-electron chi connectivity index (χ0n) is 15.7. The molecule has 3 heterocycles. The van der Waals surface area contributed by atoms with E-state index in [0.29, 0.717) is 32.8 Å². The quantitative estimate of drug-likeness (QED) is 0.392. The number of aromatic nitrogens is 3. The number of thioether (sulfide) groups is 1. The Kier molecular flexibility index (Phi) is 5.49. The molecule has 2 aromatic carbocycles. The van der Waals surface area contributed by atoms with Gasteiger partial charge in [0.05, 0.1) is 11.4 Å². The summed E-state index contributed by atoms with van der Waals surface area (Å²) in [5.41, 5.74) is 2.39. The number of rotatable bonds is 6. The lowest BCUT2D eigenvalue weighted by Gasteiger charge is -2.00. The Morgan fingerprint density at radius 1 is 1.10 bits per heavy atom. The van der Waals surface area contributed by atoms with Crippen LogP contribution in [0.15, 0.2) is 57.5 Å². The maximum atomic E-state index is 12.3. The third-order valence-electron chi connectivity index (χ3n) is 4.24. The molecule has 0 aliphatic carbocycles. The molecule has 0 fully saturated rings. The SMILES string of the molecule is O=C(CSc1nnc(-c2ccc(Cl)cc2)o1)Nc1nc(-c2ccc3c(c2)OCO3)cs1. The highest BCUT2D eigenvalue weighted by molar-refractivity contribution is 7.99. The number of hydrogen-bond acceptors (Lipinski definition) is 9. The molecule has 1 N–H and O–H groups in total. The van der Waals surface area contributed by atoms with Crippen LogP contribution in [0.3, 0.4) is 0 Å². The Labute approximate surface area is 189 Å². The molecule has 0 atom stereocenters. The van der Waals surface area contributed by atoms with Crippen LogP contribution >= 0.6 is 34.7 Å². The van der Waals surface area contributed by atoms with E-state index in [1.54, 1.807) is 24.3 Å². The van der Waals surface area contributed by atoms with Crippen molar-refractivity contribution in [3.05, 3.63) is 52.9 Å². The molecule has 4 aromatic rings. The standard InChI is InChI=1S/C20H13ClN4O4S2/c21-13-4-1-11(2-5-13)18-24-25-20(29-18)31-9-17(26)23-19-22-14(8-30-19)12-3-6-15-16(7-12)28-10-27-15/h1-8H,9-10H2,(H,22,23,26). The predicted octanol–water partition coefficient (Wildman–Crippen LogP) is 4.97. The molecule has 1 amide bonds. The van der Waals surface area contributed by atoms with Gasteiger partial charge in [0.1, 0.15) is 0 Å². The minimum atomic E-state index is -0.220. The van der Waals surface area contributed by atoms with Gasteiger partial charge in [-0.25, -0.2) is 4.98 Å². The zero-order valence-corrected chi connectivity index (χ0v) is 18.1. The average molecular weight is 473 g/mol. The van der Waals surface area contributed by atoms with E-state index < -0.39 is 0 Å². The Hall–Kier alpha value is -3.08. The van der Waals surface area contributed by atoms with Gasteiger partial charge in [0.15, 0.2) is 16.6 Å². The van der Waals surface area contributed by atoms with Gasteiger partial charge in [-0.2, -0.15) is 0 Å². The van der Waals surface area contributed by atoms with Gasteiger partial charge in [0.25, 0.3) is 5.22 Å². The van der Waals surface area contributed by atoms with E-state index in [9.17, 15) is 4.79 Å². The van der Waals surface area contributed by atoms with Crippen molar-refractivity contribution in [3.63, 3.8) is 0 Å². The largest absolute Gasteiger partial charge is 0.454 e. The van der Waals surface area contributed by atoms with Crippen LogP contribution in [0.1, 0.15) is 0 Å². The van der Waals surface area contributed by atoms with E-state index in [4.69, 9.17) is 25.5 Å². The van der Waals surface area contributed by atoms with Gasteiger partial charge in [-0.1, -0.05) is 23.4 Å². The summed E-state index contributed by atoms with van der Waals surface area (Å²) in [6.45, 7) is 0.218. The lowest BCUT2D eigenvalue weighted by atomic mass is 10.1. The van der Waals surface area contributed by atoms with E-state index in [1.165, 1.54) is 11.3 Å². The number of nitrogens with one attached hydrogen (secondary N) is 1. The zero-order chi connectivity index (χ0) is 21.2. The van der Waals surface area contributed by atoms with Crippen LogP contribution in [0.25, 0.3) is 22.7 Å². The molecule has 1 aliphatic rings. The lowest BCUT2D eigenvalue weighted by molar-refractivity contribution is -0.113. The lowest BCUT2D eigenvalue weighted by Crippen LogP contribution is -2.13. The number of anilines is 1. The van der Waals surface area contributed by atoms with Gasteiger partial charge < -0.3 is 19.2 Å². The van der Waals surface area contributed by atoms with Gasteiger partial charge in [0, 0.05) is 21.5 Å². The third-order valence-corrected chi connectivity index (χ3v) is 6.07. The molecule has 156 valence electrons. The van der Waals surface area contributed by atoms with Crippen molar-refractivity contribution in [2.45, 2.75) is 5.22 Å². The topological polar surface area (TPSA) is 99.4 Å². The third kappa shape index (κ3) is 4.50. The molecular weight excluding hydrogens is 460 g/mol. The first-order valence-electron chi connectivity index (χ1n) is 9.02. The fourth-order valence-electron chi connectivity index (χ4n) is 2.78. The van der Waals surface area contributed by atoms with Crippen LogP contribution in [-0.4, -0.2) is 33.6 Å². The molecule has 0 spiro atoms. The Morgan fingerprint density at radius 2 is 1.90 bits per heavy atom. The van der Waals surface area contributed by atoms with E-state index in [-0.39, 0.29) is 18.5 Å². The summed E-state index contributed by atoms with van der Waals surface area (Å²) in [7, 11) is 0. The molecule has 1 aliphatic heterocycles. The van der Waals surface area contributed by atoms with Crippen molar-refractivity contribution in [1.82, 2.24) is 15.2 Å². The number of amides is 1. The summed E-state index contributed by atoms with van der Waals surface area (Å²) in [5, 5.41) is 14.1. The van der Waals surface area contributed by atoms with Gasteiger partial charge in [-0.05, 0) is 42.5 Å². The van der Waals surface area contributed by atoms with Crippen molar-refractivity contribution in [3.8, 4) is 34.2 Å². The number of ether oxygens (including phenoxy) is 2. The Morgan fingerprint density at radius 3 is 2.77 bits per heavy atom. The van der Waals surface area contributed by atoms with Crippen LogP contribution < -0.4 is 14.8 Å². The summed E-state index contributed by atoms with van der Waals surface area (Å²) in [4.78, 5) is 16.8. The Balaban J connectivity index is 1.18. The summed E-state index contributed by atoms with van der Waals surface area (Å²) in [6, 6.07) is 12.7. The maximum Gasteiger partial charge on any atom is 0.277 e. The first-order valence-corrected chi connectivity index (χ1v) is 11.3. The number of hydrogen-bond donors (Lipinski definition) is 1. The van der Waals surface area contributed by atoms with Crippen LogP contribution in [0.4, 0.5) is 5.13 Å². The molecule has 0 saturated carbocycles. The monoisotopic (exact) mass is 472 g/mol. The van der Waals surface area contributed by atoms with Crippen molar-refractivity contribution in [2.75, 3.05) is 17.9 Å². The minimum Gasteiger partial charge on any atom is -0.454 e. The summed E-state index contributed by atoms with van der Waals surface area (Å²) in [6.07, 6.45) is 0. The molecule has 2 aromatic heterocycles. The minimum absolute atomic E-state index is 0.112. The van der Waals surface area contributed by atoms with Crippen LogP contribution in [-0.2, 0) is 4.79 Å². The van der Waals surface area contributed by atoms with Gasteiger partial charge >= 0.3 is 0 Å². The highest BCUT2D eigenvalue weighted by Crippen LogP contribution is 2.36. The molecule has 0 unspecified atom stereocenters.